The number of carbonyl (C=O) groups is 1. The Hall–Kier alpha value is -2.24. The highest BCUT2D eigenvalue weighted by molar-refractivity contribution is 5.86. The van der Waals surface area contributed by atoms with Crippen LogP contribution in [0.25, 0.3) is 0 Å². The molecule has 1 N–H and O–H groups in total. The van der Waals surface area contributed by atoms with Gasteiger partial charge < -0.3 is 14.7 Å². The third-order valence-corrected chi connectivity index (χ3v) is 4.52. The first-order chi connectivity index (χ1) is 11.9. The second kappa shape index (κ2) is 6.94. The first-order valence-corrected chi connectivity index (χ1v) is 8.36. The summed E-state index contributed by atoms with van der Waals surface area (Å²) in [6.45, 7) is 4.03. The number of rotatable bonds is 3. The normalized spacial score (nSPS) is 23.1. The lowest BCUT2D eigenvalue weighted by molar-refractivity contribution is -0.163. The van der Waals surface area contributed by atoms with E-state index in [9.17, 15) is 14.3 Å². The molecular weight excluding hydrogens is 321 g/mol. The van der Waals surface area contributed by atoms with Crippen LogP contribution in [-0.2, 0) is 15.1 Å². The van der Waals surface area contributed by atoms with Gasteiger partial charge in [-0.15, -0.1) is 0 Å². The number of nitrogens with zero attached hydrogens (tertiary/aromatic N) is 1. The average Bonchev–Trinajstić information content (AvgIpc) is 2.61. The van der Waals surface area contributed by atoms with Gasteiger partial charge in [-0.2, -0.15) is 0 Å². The Morgan fingerprint density at radius 2 is 1.92 bits per heavy atom. The van der Waals surface area contributed by atoms with Gasteiger partial charge in [-0.1, -0.05) is 42.5 Å². The van der Waals surface area contributed by atoms with Gasteiger partial charge in [0.05, 0.1) is 12.6 Å². The summed E-state index contributed by atoms with van der Waals surface area (Å²) in [5.41, 5.74) is -0.564. The molecule has 0 aliphatic carbocycles. The minimum atomic E-state index is -1.79. The minimum Gasteiger partial charge on any atom is -0.376 e. The summed E-state index contributed by atoms with van der Waals surface area (Å²) in [5.74, 6) is -0.933. The van der Waals surface area contributed by atoms with Crippen LogP contribution in [0, 0.1) is 5.82 Å². The second-order valence-corrected chi connectivity index (χ2v) is 6.64. The monoisotopic (exact) mass is 343 g/mol. The molecular formula is C20H22FNO3. The van der Waals surface area contributed by atoms with Gasteiger partial charge in [-0.25, -0.2) is 4.39 Å². The van der Waals surface area contributed by atoms with Crippen LogP contribution in [0.3, 0.4) is 0 Å². The molecule has 0 radical (unpaired) electrons. The van der Waals surface area contributed by atoms with Crippen LogP contribution in [0.15, 0.2) is 54.6 Å². The molecule has 4 nitrogen and oxygen atoms in total. The third-order valence-electron chi connectivity index (χ3n) is 4.52. The molecule has 1 amide bonds. The van der Waals surface area contributed by atoms with Crippen molar-refractivity contribution < 1.29 is 19.0 Å². The average molecular weight is 343 g/mol. The van der Waals surface area contributed by atoms with E-state index in [1.807, 2.05) is 37.3 Å². The molecule has 0 saturated carbocycles. The molecule has 1 fully saturated rings. The molecule has 2 aromatic carbocycles. The first-order valence-electron chi connectivity index (χ1n) is 8.36. The van der Waals surface area contributed by atoms with Crippen LogP contribution >= 0.6 is 0 Å². The van der Waals surface area contributed by atoms with Crippen molar-refractivity contribution in [1.82, 2.24) is 4.90 Å². The predicted molar refractivity (Wildman–Crippen MR) is 92.3 cm³/mol. The van der Waals surface area contributed by atoms with Crippen molar-refractivity contribution >= 4 is 5.91 Å². The fourth-order valence-electron chi connectivity index (χ4n) is 3.19. The summed E-state index contributed by atoms with van der Waals surface area (Å²) in [6.07, 6.45) is -0.413. The molecule has 132 valence electrons. The van der Waals surface area contributed by atoms with Crippen LogP contribution in [-0.4, -0.2) is 35.1 Å². The quantitative estimate of drug-likeness (QED) is 0.932. The summed E-state index contributed by atoms with van der Waals surface area (Å²) >= 11 is 0. The molecule has 3 atom stereocenters. The topological polar surface area (TPSA) is 49.8 Å². The predicted octanol–water partition coefficient (Wildman–Crippen LogP) is 3.02. The SMILES string of the molecule is C[C@@H]1CN(C(=O)[C@](C)(O)c2cccc(F)c2)C[C@H](c2ccccc2)O1. The van der Waals surface area contributed by atoms with Crippen molar-refractivity contribution in [2.45, 2.75) is 31.7 Å². The van der Waals surface area contributed by atoms with E-state index in [4.69, 9.17) is 4.74 Å². The Morgan fingerprint density at radius 1 is 1.20 bits per heavy atom. The van der Waals surface area contributed by atoms with Crippen LogP contribution in [0.4, 0.5) is 4.39 Å². The highest BCUT2D eigenvalue weighted by Crippen LogP contribution is 2.30. The van der Waals surface area contributed by atoms with Gasteiger partial charge in [-0.05, 0) is 37.1 Å². The van der Waals surface area contributed by atoms with Crippen LogP contribution in [0.1, 0.15) is 31.1 Å². The second-order valence-electron chi connectivity index (χ2n) is 6.64. The van der Waals surface area contributed by atoms with E-state index in [-0.39, 0.29) is 17.8 Å². The molecule has 5 heteroatoms. The largest absolute Gasteiger partial charge is 0.376 e. The number of halogens is 1. The van der Waals surface area contributed by atoms with Gasteiger partial charge in [0, 0.05) is 6.54 Å². The Labute approximate surface area is 146 Å². The van der Waals surface area contributed by atoms with Crippen LogP contribution < -0.4 is 0 Å². The number of carbonyl (C=O) groups excluding carboxylic acids is 1. The lowest BCUT2D eigenvalue weighted by Gasteiger charge is -2.40. The van der Waals surface area contributed by atoms with Gasteiger partial charge in [0.1, 0.15) is 11.9 Å². The number of hydrogen-bond acceptors (Lipinski definition) is 3. The van der Waals surface area contributed by atoms with Crippen LogP contribution in [0.2, 0.25) is 0 Å². The molecule has 0 unspecified atom stereocenters. The smallest absolute Gasteiger partial charge is 0.259 e. The summed E-state index contributed by atoms with van der Waals surface area (Å²) < 4.78 is 19.4. The maximum atomic E-state index is 13.5. The first kappa shape index (κ1) is 17.6. The molecule has 1 heterocycles. The number of morpholine rings is 1. The fourth-order valence-corrected chi connectivity index (χ4v) is 3.19. The van der Waals surface area contributed by atoms with Crippen molar-refractivity contribution in [3.05, 3.63) is 71.5 Å². The number of amides is 1. The Balaban J connectivity index is 1.83. The highest BCUT2D eigenvalue weighted by atomic mass is 19.1. The lowest BCUT2D eigenvalue weighted by atomic mass is 9.93. The van der Waals surface area contributed by atoms with Gasteiger partial charge in [-0.3, -0.25) is 4.79 Å². The van der Waals surface area contributed by atoms with Crippen molar-refractivity contribution in [2.75, 3.05) is 13.1 Å². The van der Waals surface area contributed by atoms with Crippen molar-refractivity contribution in [3.8, 4) is 0 Å². The number of aliphatic hydroxyl groups is 1. The Kier molecular flexibility index (Phi) is 4.88. The molecule has 0 bridgehead atoms. The zero-order valence-corrected chi connectivity index (χ0v) is 14.4. The van der Waals surface area contributed by atoms with E-state index in [0.29, 0.717) is 13.1 Å². The van der Waals surface area contributed by atoms with Crippen molar-refractivity contribution in [3.63, 3.8) is 0 Å². The Morgan fingerprint density at radius 3 is 2.60 bits per heavy atom. The van der Waals surface area contributed by atoms with Crippen LogP contribution in [0.5, 0.6) is 0 Å². The van der Waals surface area contributed by atoms with E-state index in [1.165, 1.54) is 25.1 Å². The summed E-state index contributed by atoms with van der Waals surface area (Å²) in [7, 11) is 0. The zero-order valence-electron chi connectivity index (χ0n) is 14.4. The van der Waals surface area contributed by atoms with E-state index in [2.05, 4.69) is 0 Å². The summed E-state index contributed by atoms with van der Waals surface area (Å²) in [4.78, 5) is 14.5. The summed E-state index contributed by atoms with van der Waals surface area (Å²) in [5, 5.41) is 10.8. The number of ether oxygens (including phenoxy) is 1. The maximum absolute atomic E-state index is 13.5. The van der Waals surface area contributed by atoms with Gasteiger partial charge in [0.15, 0.2) is 5.60 Å². The van der Waals surface area contributed by atoms with Gasteiger partial charge in [0.2, 0.25) is 0 Å². The van der Waals surface area contributed by atoms with E-state index in [1.54, 1.807) is 11.0 Å². The van der Waals surface area contributed by atoms with E-state index in [0.717, 1.165) is 5.56 Å². The number of benzene rings is 2. The fraction of sp³-hybridized carbons (Fsp3) is 0.350. The molecule has 1 aliphatic rings. The maximum Gasteiger partial charge on any atom is 0.259 e. The standard InChI is InChI=1S/C20H22FNO3/c1-14-12-22(13-18(25-14)15-7-4-3-5-8-15)19(23)20(2,24)16-9-6-10-17(21)11-16/h3-11,14,18,24H,12-13H2,1-2H3/t14-,18-,20-/m1/s1. The molecule has 25 heavy (non-hydrogen) atoms. The lowest BCUT2D eigenvalue weighted by Crippen LogP contribution is -2.52. The van der Waals surface area contributed by atoms with Crippen molar-refractivity contribution in [2.24, 2.45) is 0 Å². The van der Waals surface area contributed by atoms with E-state index >= 15 is 0 Å². The molecule has 1 saturated heterocycles. The molecule has 0 aromatic heterocycles. The van der Waals surface area contributed by atoms with Gasteiger partial charge in [0.25, 0.3) is 5.91 Å². The minimum absolute atomic E-state index is 0.161. The molecule has 3 rings (SSSR count). The third kappa shape index (κ3) is 3.72. The van der Waals surface area contributed by atoms with E-state index < -0.39 is 17.3 Å². The zero-order chi connectivity index (χ0) is 18.0. The van der Waals surface area contributed by atoms with Gasteiger partial charge >= 0.3 is 0 Å². The van der Waals surface area contributed by atoms with Crippen molar-refractivity contribution in [1.29, 1.82) is 0 Å². The molecule has 2 aromatic rings. The Bertz CT molecular complexity index is 748. The summed E-state index contributed by atoms with van der Waals surface area (Å²) in [6, 6.07) is 15.2. The highest BCUT2D eigenvalue weighted by Gasteiger charge is 2.40. The number of hydrogen-bond donors (Lipinski definition) is 1. The molecule has 0 spiro atoms. The molecule has 1 aliphatic heterocycles.